The van der Waals surface area contributed by atoms with Crippen molar-refractivity contribution in [2.45, 2.75) is 33.8 Å². The summed E-state index contributed by atoms with van der Waals surface area (Å²) < 4.78 is 6.59. The molecule has 0 radical (unpaired) electrons. The number of rotatable bonds is 1. The molecule has 0 N–H and O–H groups in total. The van der Waals surface area contributed by atoms with Crippen LogP contribution in [0.15, 0.2) is 24.3 Å². The Labute approximate surface area is 126 Å². The number of cyclic esters (lactones) is 1. The molecule has 1 aromatic rings. The fourth-order valence-corrected chi connectivity index (χ4v) is 3.23. The van der Waals surface area contributed by atoms with E-state index >= 15 is 0 Å². The summed E-state index contributed by atoms with van der Waals surface area (Å²) in [5.74, 6) is -0.512. The van der Waals surface area contributed by atoms with E-state index in [0.29, 0.717) is 0 Å². The fraction of sp³-hybridized carbons (Fsp3) is 0.467. The maximum absolute atomic E-state index is 12.6. The van der Waals surface area contributed by atoms with Gasteiger partial charge in [0.2, 0.25) is 0 Å². The van der Waals surface area contributed by atoms with E-state index in [-0.39, 0.29) is 5.78 Å². The Morgan fingerprint density at radius 3 is 2.26 bits per heavy atom. The number of esters is 1. The van der Waals surface area contributed by atoms with Crippen LogP contribution in [0.1, 0.15) is 39.4 Å². The highest BCUT2D eigenvalue weighted by molar-refractivity contribution is 14.1. The first kappa shape index (κ1) is 14.5. The highest BCUT2D eigenvalue weighted by Crippen LogP contribution is 2.48. The van der Waals surface area contributed by atoms with E-state index in [4.69, 9.17) is 4.74 Å². The molecule has 1 unspecified atom stereocenters. The topological polar surface area (TPSA) is 43.4 Å². The second-order valence-electron chi connectivity index (χ2n) is 5.98. The van der Waals surface area contributed by atoms with Gasteiger partial charge >= 0.3 is 5.97 Å². The van der Waals surface area contributed by atoms with E-state index in [9.17, 15) is 9.59 Å². The third-order valence-corrected chi connectivity index (χ3v) is 4.71. The molecule has 102 valence electrons. The van der Waals surface area contributed by atoms with Gasteiger partial charge in [-0.2, -0.15) is 0 Å². The van der Waals surface area contributed by atoms with Gasteiger partial charge in [-0.05, 0) is 56.4 Å². The van der Waals surface area contributed by atoms with E-state index in [2.05, 4.69) is 22.6 Å². The molecule has 0 saturated carbocycles. The maximum atomic E-state index is 12.6. The SMILES string of the molecule is CC1(C)C(=O)OC(c2ccccc2I)C(C)(C)C1=O. The summed E-state index contributed by atoms with van der Waals surface area (Å²) in [6.07, 6.45) is -0.520. The minimum atomic E-state index is -1.07. The van der Waals surface area contributed by atoms with Crippen LogP contribution in [0.25, 0.3) is 0 Å². The number of ketones is 1. The Bertz CT molecular complexity index is 546. The van der Waals surface area contributed by atoms with Crippen LogP contribution >= 0.6 is 22.6 Å². The second-order valence-corrected chi connectivity index (χ2v) is 7.14. The third kappa shape index (κ3) is 2.20. The molecule has 0 amide bonds. The predicted molar refractivity (Wildman–Crippen MR) is 80.6 cm³/mol. The first-order valence-corrected chi connectivity index (χ1v) is 7.27. The number of hydrogen-bond donors (Lipinski definition) is 0. The molecular formula is C15H17IO3. The Morgan fingerprint density at radius 1 is 1.11 bits per heavy atom. The van der Waals surface area contributed by atoms with E-state index in [0.717, 1.165) is 9.13 Å². The molecule has 1 aliphatic heterocycles. The number of benzene rings is 1. The molecule has 0 bridgehead atoms. The quantitative estimate of drug-likeness (QED) is 0.431. The van der Waals surface area contributed by atoms with Gasteiger partial charge in [0.15, 0.2) is 5.78 Å². The van der Waals surface area contributed by atoms with Crippen molar-refractivity contribution < 1.29 is 14.3 Å². The van der Waals surface area contributed by atoms with Gasteiger partial charge in [0.25, 0.3) is 0 Å². The zero-order chi connectivity index (χ0) is 14.4. The normalized spacial score (nSPS) is 25.0. The van der Waals surface area contributed by atoms with Crippen molar-refractivity contribution in [1.82, 2.24) is 0 Å². The average Bonchev–Trinajstić information content (AvgIpc) is 2.34. The van der Waals surface area contributed by atoms with Gasteiger partial charge in [0.05, 0.1) is 5.41 Å². The molecular weight excluding hydrogens is 355 g/mol. The Kier molecular flexibility index (Phi) is 3.49. The number of hydrogen-bond acceptors (Lipinski definition) is 3. The summed E-state index contributed by atoms with van der Waals surface area (Å²) in [5.41, 5.74) is -0.899. The van der Waals surface area contributed by atoms with Crippen LogP contribution < -0.4 is 0 Å². The minimum absolute atomic E-state index is 0.0686. The summed E-state index contributed by atoms with van der Waals surface area (Å²) in [5, 5.41) is 0. The molecule has 1 aliphatic rings. The second kappa shape index (κ2) is 4.58. The Balaban J connectivity index is 2.52. The molecule has 1 atom stereocenters. The number of halogens is 1. The largest absolute Gasteiger partial charge is 0.456 e. The average molecular weight is 372 g/mol. The van der Waals surface area contributed by atoms with Crippen molar-refractivity contribution in [1.29, 1.82) is 0 Å². The molecule has 2 rings (SSSR count). The van der Waals surface area contributed by atoms with Gasteiger partial charge in [0, 0.05) is 9.13 Å². The van der Waals surface area contributed by atoms with Crippen molar-refractivity contribution in [2.24, 2.45) is 10.8 Å². The summed E-state index contributed by atoms with van der Waals surface area (Å²) in [4.78, 5) is 24.6. The number of Topliss-reactive ketones (excluding diaryl/α,β-unsaturated/α-hetero) is 1. The molecule has 1 saturated heterocycles. The maximum Gasteiger partial charge on any atom is 0.319 e. The van der Waals surface area contributed by atoms with Crippen LogP contribution in [0.2, 0.25) is 0 Å². The smallest absolute Gasteiger partial charge is 0.319 e. The zero-order valence-electron chi connectivity index (χ0n) is 11.5. The highest BCUT2D eigenvalue weighted by Gasteiger charge is 2.55. The highest BCUT2D eigenvalue weighted by atomic mass is 127. The van der Waals surface area contributed by atoms with Gasteiger partial charge in [0.1, 0.15) is 11.5 Å². The summed E-state index contributed by atoms with van der Waals surface area (Å²) >= 11 is 2.20. The molecule has 1 aromatic carbocycles. The monoisotopic (exact) mass is 372 g/mol. The molecule has 0 spiro atoms. The zero-order valence-corrected chi connectivity index (χ0v) is 13.6. The van der Waals surface area contributed by atoms with E-state index < -0.39 is 22.9 Å². The van der Waals surface area contributed by atoms with Crippen LogP contribution in [0.5, 0.6) is 0 Å². The van der Waals surface area contributed by atoms with Gasteiger partial charge in [-0.25, -0.2) is 0 Å². The Hall–Kier alpha value is -0.910. The number of carbonyl (C=O) groups is 2. The van der Waals surface area contributed by atoms with Gasteiger partial charge in [-0.3, -0.25) is 9.59 Å². The summed E-state index contributed by atoms with van der Waals surface area (Å²) in [7, 11) is 0. The van der Waals surface area contributed by atoms with Crippen LogP contribution in [-0.4, -0.2) is 11.8 Å². The number of ether oxygens (including phenoxy) is 1. The summed E-state index contributed by atoms with van der Waals surface area (Å²) in [6.45, 7) is 6.95. The van der Waals surface area contributed by atoms with Crippen molar-refractivity contribution >= 4 is 34.3 Å². The van der Waals surface area contributed by atoms with Crippen molar-refractivity contribution in [3.8, 4) is 0 Å². The third-order valence-electron chi connectivity index (χ3n) is 3.73. The molecule has 0 aromatic heterocycles. The standard InChI is InChI=1S/C15H17IO3/c1-14(2)11(9-7-5-6-8-10(9)16)19-13(18)15(3,4)12(14)17/h5-8,11H,1-4H3. The predicted octanol–water partition coefficient (Wildman–Crippen LogP) is 3.51. The van der Waals surface area contributed by atoms with Crippen LogP contribution in [0.3, 0.4) is 0 Å². The van der Waals surface area contributed by atoms with Gasteiger partial charge in [-0.1, -0.05) is 18.2 Å². The molecule has 0 aliphatic carbocycles. The lowest BCUT2D eigenvalue weighted by Gasteiger charge is -2.43. The van der Waals surface area contributed by atoms with Crippen LogP contribution in [0.4, 0.5) is 0 Å². The molecule has 1 fully saturated rings. The summed E-state index contributed by atoms with van der Waals surface area (Å²) in [6, 6.07) is 7.68. The molecule has 3 nitrogen and oxygen atoms in total. The van der Waals surface area contributed by atoms with Gasteiger partial charge < -0.3 is 4.74 Å². The minimum Gasteiger partial charge on any atom is -0.456 e. The lowest BCUT2D eigenvalue weighted by Crippen LogP contribution is -2.52. The van der Waals surface area contributed by atoms with Crippen molar-refractivity contribution in [2.75, 3.05) is 0 Å². The lowest BCUT2D eigenvalue weighted by molar-refractivity contribution is -0.186. The first-order chi connectivity index (χ1) is 8.69. The first-order valence-electron chi connectivity index (χ1n) is 6.19. The van der Waals surface area contributed by atoms with Crippen molar-refractivity contribution in [3.05, 3.63) is 33.4 Å². The van der Waals surface area contributed by atoms with E-state index in [1.54, 1.807) is 13.8 Å². The Morgan fingerprint density at radius 2 is 1.68 bits per heavy atom. The van der Waals surface area contributed by atoms with Crippen LogP contribution in [-0.2, 0) is 14.3 Å². The fourth-order valence-electron chi connectivity index (χ4n) is 2.56. The van der Waals surface area contributed by atoms with Gasteiger partial charge in [-0.15, -0.1) is 0 Å². The lowest BCUT2D eigenvalue weighted by atomic mass is 9.67. The van der Waals surface area contributed by atoms with E-state index in [1.165, 1.54) is 0 Å². The molecule has 19 heavy (non-hydrogen) atoms. The van der Waals surface area contributed by atoms with Crippen LogP contribution in [0, 0.1) is 14.4 Å². The van der Waals surface area contributed by atoms with Crippen molar-refractivity contribution in [3.63, 3.8) is 0 Å². The molecule has 1 heterocycles. The van der Waals surface area contributed by atoms with E-state index in [1.807, 2.05) is 38.1 Å². The molecule has 4 heteroatoms. The number of carbonyl (C=O) groups excluding carboxylic acids is 2.